The first-order valence-corrected chi connectivity index (χ1v) is 7.04. The minimum atomic E-state index is -0.608. The molecule has 0 atom stereocenters. The van der Waals surface area contributed by atoms with Gasteiger partial charge in [0.25, 0.3) is 0 Å². The first-order valence-electron chi connectivity index (χ1n) is 7.04. The van der Waals surface area contributed by atoms with Crippen molar-refractivity contribution in [2.24, 2.45) is 0 Å². The number of rotatable bonds is 2. The van der Waals surface area contributed by atoms with Crippen LogP contribution in [0.3, 0.4) is 0 Å². The van der Waals surface area contributed by atoms with E-state index < -0.39 is 24.1 Å². The van der Waals surface area contributed by atoms with Crippen LogP contribution in [0.4, 0.5) is 0 Å². The van der Waals surface area contributed by atoms with Crippen LogP contribution >= 0.6 is 0 Å². The summed E-state index contributed by atoms with van der Waals surface area (Å²) in [5, 5.41) is 0. The summed E-state index contributed by atoms with van der Waals surface area (Å²) >= 11 is 0. The predicted molar refractivity (Wildman–Crippen MR) is 75.6 cm³/mol. The molecule has 0 bridgehead atoms. The highest BCUT2D eigenvalue weighted by Crippen LogP contribution is 2.11. The van der Waals surface area contributed by atoms with E-state index in [-0.39, 0.29) is 38.0 Å². The topological polar surface area (TPSA) is 93.2 Å². The van der Waals surface area contributed by atoms with E-state index in [1.165, 1.54) is 37.5 Å². The van der Waals surface area contributed by atoms with Gasteiger partial charge in [-0.2, -0.15) is 0 Å². The SMILES string of the molecule is CC(=O)OC1CN(C(C)=O)CC(OC(C)=O)CN(C(C)=O)C1. The summed E-state index contributed by atoms with van der Waals surface area (Å²) in [5.41, 5.74) is 0. The molecule has 2 amide bonds. The number of amides is 2. The Kier molecular flexibility index (Phi) is 6.33. The molecule has 0 aromatic carbocycles. The first-order chi connectivity index (χ1) is 10.2. The Morgan fingerprint density at radius 3 is 1.14 bits per heavy atom. The molecule has 22 heavy (non-hydrogen) atoms. The quantitative estimate of drug-likeness (QED) is 0.642. The molecule has 0 aliphatic carbocycles. The van der Waals surface area contributed by atoms with Gasteiger partial charge in [-0.15, -0.1) is 0 Å². The van der Waals surface area contributed by atoms with Gasteiger partial charge in [0, 0.05) is 27.7 Å². The third-order valence-corrected chi connectivity index (χ3v) is 3.25. The minimum Gasteiger partial charge on any atom is -0.459 e. The Labute approximate surface area is 129 Å². The highest BCUT2D eigenvalue weighted by molar-refractivity contribution is 5.75. The summed E-state index contributed by atoms with van der Waals surface area (Å²) in [7, 11) is 0. The molecule has 124 valence electrons. The van der Waals surface area contributed by atoms with Gasteiger partial charge in [-0.05, 0) is 0 Å². The van der Waals surface area contributed by atoms with Crippen LogP contribution in [0.2, 0.25) is 0 Å². The Morgan fingerprint density at radius 2 is 0.955 bits per heavy atom. The predicted octanol–water partition coefficient (Wildman–Crippen LogP) is -0.440. The fourth-order valence-corrected chi connectivity index (χ4v) is 2.38. The highest BCUT2D eigenvalue weighted by atomic mass is 16.6. The molecule has 1 rings (SSSR count). The molecule has 1 fully saturated rings. The van der Waals surface area contributed by atoms with Crippen LogP contribution in [-0.2, 0) is 28.7 Å². The maximum absolute atomic E-state index is 11.7. The van der Waals surface area contributed by atoms with Crippen LogP contribution < -0.4 is 0 Å². The molecular weight excluding hydrogens is 292 g/mol. The second kappa shape index (κ2) is 7.77. The fourth-order valence-electron chi connectivity index (χ4n) is 2.38. The highest BCUT2D eigenvalue weighted by Gasteiger charge is 2.31. The van der Waals surface area contributed by atoms with Crippen molar-refractivity contribution in [2.75, 3.05) is 26.2 Å². The Bertz CT molecular complexity index is 410. The molecule has 8 nitrogen and oxygen atoms in total. The van der Waals surface area contributed by atoms with Crippen molar-refractivity contribution >= 4 is 23.8 Å². The molecule has 1 aliphatic rings. The average Bonchev–Trinajstić information content (AvgIpc) is 2.32. The van der Waals surface area contributed by atoms with Gasteiger partial charge in [0.15, 0.2) is 0 Å². The smallest absolute Gasteiger partial charge is 0.303 e. The van der Waals surface area contributed by atoms with E-state index in [4.69, 9.17) is 9.47 Å². The third-order valence-electron chi connectivity index (χ3n) is 3.25. The molecule has 0 unspecified atom stereocenters. The minimum absolute atomic E-state index is 0.149. The Morgan fingerprint density at radius 1 is 0.682 bits per heavy atom. The lowest BCUT2D eigenvalue weighted by Gasteiger charge is -2.37. The van der Waals surface area contributed by atoms with Gasteiger partial charge in [-0.3, -0.25) is 19.2 Å². The molecule has 0 N–H and O–H groups in total. The lowest BCUT2D eigenvalue weighted by molar-refractivity contribution is -0.160. The van der Waals surface area contributed by atoms with Gasteiger partial charge in [-0.1, -0.05) is 0 Å². The summed E-state index contributed by atoms with van der Waals surface area (Å²) < 4.78 is 10.3. The van der Waals surface area contributed by atoms with Crippen LogP contribution in [0.25, 0.3) is 0 Å². The monoisotopic (exact) mass is 314 g/mol. The van der Waals surface area contributed by atoms with E-state index in [1.807, 2.05) is 0 Å². The Balaban J connectivity index is 2.95. The largest absolute Gasteiger partial charge is 0.459 e. The van der Waals surface area contributed by atoms with Crippen LogP contribution in [0.1, 0.15) is 27.7 Å². The maximum atomic E-state index is 11.7. The number of carbonyl (C=O) groups excluding carboxylic acids is 4. The molecule has 0 radical (unpaired) electrons. The normalized spacial score (nSPS) is 22.4. The van der Waals surface area contributed by atoms with Crippen molar-refractivity contribution in [2.45, 2.75) is 39.9 Å². The number of carbonyl (C=O) groups is 4. The van der Waals surface area contributed by atoms with E-state index in [1.54, 1.807) is 0 Å². The van der Waals surface area contributed by atoms with Crippen molar-refractivity contribution in [1.29, 1.82) is 0 Å². The van der Waals surface area contributed by atoms with Crippen LogP contribution in [0.5, 0.6) is 0 Å². The summed E-state index contributed by atoms with van der Waals surface area (Å²) in [4.78, 5) is 48.7. The van der Waals surface area contributed by atoms with Gasteiger partial charge in [-0.25, -0.2) is 0 Å². The van der Waals surface area contributed by atoms with E-state index >= 15 is 0 Å². The van der Waals surface area contributed by atoms with Gasteiger partial charge < -0.3 is 19.3 Å². The summed E-state index contributed by atoms with van der Waals surface area (Å²) in [6, 6.07) is 0. The number of hydrogen-bond donors (Lipinski definition) is 0. The molecule has 1 aliphatic heterocycles. The van der Waals surface area contributed by atoms with E-state index in [0.717, 1.165) is 0 Å². The number of esters is 2. The average molecular weight is 314 g/mol. The van der Waals surface area contributed by atoms with Crippen molar-refractivity contribution < 1.29 is 28.7 Å². The second-order valence-electron chi connectivity index (χ2n) is 5.31. The Hall–Kier alpha value is -2.12. The molecule has 1 saturated heterocycles. The molecule has 0 aromatic heterocycles. The molecule has 1 heterocycles. The lowest BCUT2D eigenvalue weighted by atomic mass is 10.2. The van der Waals surface area contributed by atoms with Crippen LogP contribution in [0.15, 0.2) is 0 Å². The van der Waals surface area contributed by atoms with Crippen LogP contribution in [0, 0.1) is 0 Å². The van der Waals surface area contributed by atoms with Gasteiger partial charge in [0.2, 0.25) is 11.8 Å². The maximum Gasteiger partial charge on any atom is 0.303 e. The zero-order chi connectivity index (χ0) is 16.9. The number of nitrogens with zero attached hydrogens (tertiary/aromatic N) is 2. The van der Waals surface area contributed by atoms with Gasteiger partial charge in [0.05, 0.1) is 26.2 Å². The van der Waals surface area contributed by atoms with Crippen molar-refractivity contribution in [1.82, 2.24) is 9.80 Å². The van der Waals surface area contributed by atoms with Gasteiger partial charge in [0.1, 0.15) is 12.2 Å². The second-order valence-corrected chi connectivity index (χ2v) is 5.31. The van der Waals surface area contributed by atoms with Crippen molar-refractivity contribution in [3.63, 3.8) is 0 Å². The fraction of sp³-hybridized carbons (Fsp3) is 0.714. The third kappa shape index (κ3) is 5.71. The van der Waals surface area contributed by atoms with Crippen molar-refractivity contribution in [3.05, 3.63) is 0 Å². The van der Waals surface area contributed by atoms with E-state index in [0.29, 0.717) is 0 Å². The van der Waals surface area contributed by atoms with Gasteiger partial charge >= 0.3 is 11.9 Å². The summed E-state index contributed by atoms with van der Waals surface area (Å²) in [6.45, 7) is 5.92. The lowest BCUT2D eigenvalue weighted by Crippen LogP contribution is -2.54. The molecule has 0 saturated carbocycles. The van der Waals surface area contributed by atoms with Crippen LogP contribution in [-0.4, -0.2) is 71.9 Å². The molecule has 0 spiro atoms. The summed E-state index contributed by atoms with van der Waals surface area (Å²) in [5.74, 6) is -1.39. The zero-order valence-electron chi connectivity index (χ0n) is 13.3. The summed E-state index contributed by atoms with van der Waals surface area (Å²) in [6.07, 6.45) is -1.22. The zero-order valence-corrected chi connectivity index (χ0v) is 13.3. The molecule has 0 aromatic rings. The van der Waals surface area contributed by atoms with Crippen molar-refractivity contribution in [3.8, 4) is 0 Å². The molecule has 8 heteroatoms. The molecular formula is C14H22N2O6. The van der Waals surface area contributed by atoms with E-state index in [2.05, 4.69) is 0 Å². The number of ether oxygens (including phenoxy) is 2. The standard InChI is InChI=1S/C14H22N2O6/c1-9(17)15-5-13(21-11(3)19)7-16(10(2)18)8-14(6-15)22-12(4)20/h13-14H,5-8H2,1-4H3. The first kappa shape index (κ1) is 17.9. The van der Waals surface area contributed by atoms with E-state index in [9.17, 15) is 19.2 Å². The number of hydrogen-bond acceptors (Lipinski definition) is 6.